The molecule has 0 radical (unpaired) electrons. The third-order valence-corrected chi connectivity index (χ3v) is 5.13. The summed E-state index contributed by atoms with van der Waals surface area (Å²) in [6.07, 6.45) is 3.65. The number of amides is 2. The molecule has 2 aliphatic heterocycles. The van der Waals surface area contributed by atoms with Gasteiger partial charge in [-0.25, -0.2) is 14.8 Å². The molecule has 0 bridgehead atoms. The highest BCUT2D eigenvalue weighted by molar-refractivity contribution is 6.03. The fraction of sp³-hybridized carbons (Fsp3) is 0.368. The van der Waals surface area contributed by atoms with E-state index in [4.69, 9.17) is 5.73 Å². The minimum Gasteiger partial charge on any atom is -0.331 e. The molecule has 1 fully saturated rings. The number of hydrogen-bond donors (Lipinski definition) is 1. The molecule has 0 aliphatic carbocycles. The molecule has 1 unspecified atom stereocenters. The lowest BCUT2D eigenvalue weighted by Gasteiger charge is -2.28. The molecule has 8 heteroatoms. The molecule has 1 aromatic heterocycles. The van der Waals surface area contributed by atoms with E-state index in [9.17, 15) is 9.59 Å². The molecular formula is C19H22N6O2. The lowest BCUT2D eigenvalue weighted by atomic mass is 10.1. The van der Waals surface area contributed by atoms with E-state index in [1.54, 1.807) is 23.0 Å². The van der Waals surface area contributed by atoms with Crippen LogP contribution in [0.25, 0.3) is 11.4 Å². The Kier molecular flexibility index (Phi) is 4.49. The lowest BCUT2D eigenvalue weighted by molar-refractivity contribution is -0.108. The van der Waals surface area contributed by atoms with Gasteiger partial charge in [-0.05, 0) is 24.5 Å². The van der Waals surface area contributed by atoms with Gasteiger partial charge in [-0.2, -0.15) is 0 Å². The Hall–Kier alpha value is -3.00. The average molecular weight is 366 g/mol. The SMILES string of the molecule is CN1c2nc(-c3cccc(CN)c3)ncc2N(C(=O)N2CCCC2)C1C=O. The minimum absolute atomic E-state index is 0.170. The van der Waals surface area contributed by atoms with Crippen molar-refractivity contribution < 1.29 is 9.59 Å². The van der Waals surface area contributed by atoms with Gasteiger partial charge in [0.2, 0.25) is 0 Å². The number of aldehydes is 1. The molecule has 3 heterocycles. The number of hydrogen-bond acceptors (Lipinski definition) is 6. The summed E-state index contributed by atoms with van der Waals surface area (Å²) in [5.74, 6) is 1.11. The number of carbonyl (C=O) groups is 2. The summed E-state index contributed by atoms with van der Waals surface area (Å²) in [6.45, 7) is 1.86. The van der Waals surface area contributed by atoms with Crippen molar-refractivity contribution >= 4 is 23.8 Å². The minimum atomic E-state index is -0.715. The van der Waals surface area contributed by atoms with Crippen molar-refractivity contribution in [3.05, 3.63) is 36.0 Å². The van der Waals surface area contributed by atoms with Crippen LogP contribution in [0.2, 0.25) is 0 Å². The van der Waals surface area contributed by atoms with Gasteiger partial charge in [-0.15, -0.1) is 0 Å². The first-order valence-electron chi connectivity index (χ1n) is 9.06. The largest absolute Gasteiger partial charge is 0.331 e. The Balaban J connectivity index is 1.73. The second kappa shape index (κ2) is 6.96. The molecule has 0 saturated carbocycles. The third kappa shape index (κ3) is 2.91. The predicted octanol–water partition coefficient (Wildman–Crippen LogP) is 1.60. The number of anilines is 2. The van der Waals surface area contributed by atoms with E-state index in [-0.39, 0.29) is 6.03 Å². The van der Waals surface area contributed by atoms with E-state index < -0.39 is 6.17 Å². The predicted molar refractivity (Wildman–Crippen MR) is 102 cm³/mol. The number of carbonyl (C=O) groups excluding carboxylic acids is 2. The molecule has 2 aliphatic rings. The number of benzene rings is 1. The van der Waals surface area contributed by atoms with Gasteiger partial charge in [0, 0.05) is 32.2 Å². The van der Waals surface area contributed by atoms with Gasteiger partial charge in [-0.1, -0.05) is 18.2 Å². The topological polar surface area (TPSA) is 95.7 Å². The van der Waals surface area contributed by atoms with Gasteiger partial charge in [0.15, 0.2) is 24.1 Å². The zero-order valence-electron chi connectivity index (χ0n) is 15.2. The first kappa shape index (κ1) is 17.4. The van der Waals surface area contributed by atoms with Crippen LogP contribution in [-0.2, 0) is 11.3 Å². The van der Waals surface area contributed by atoms with Crippen molar-refractivity contribution in [3.63, 3.8) is 0 Å². The van der Waals surface area contributed by atoms with E-state index in [1.165, 1.54) is 4.90 Å². The Morgan fingerprint density at radius 3 is 2.81 bits per heavy atom. The van der Waals surface area contributed by atoms with Crippen molar-refractivity contribution in [2.75, 3.05) is 29.9 Å². The van der Waals surface area contributed by atoms with Crippen LogP contribution in [0, 0.1) is 0 Å². The number of nitrogens with zero attached hydrogens (tertiary/aromatic N) is 5. The summed E-state index contributed by atoms with van der Waals surface area (Å²) in [6, 6.07) is 7.55. The van der Waals surface area contributed by atoms with E-state index in [2.05, 4.69) is 9.97 Å². The summed E-state index contributed by atoms with van der Waals surface area (Å²) < 4.78 is 0. The number of rotatable bonds is 3. The highest BCUT2D eigenvalue weighted by Gasteiger charge is 2.41. The summed E-state index contributed by atoms with van der Waals surface area (Å²) in [4.78, 5) is 38.8. The molecule has 1 saturated heterocycles. The van der Waals surface area contributed by atoms with E-state index in [0.717, 1.165) is 30.3 Å². The number of aromatic nitrogens is 2. The summed E-state index contributed by atoms with van der Waals surface area (Å²) in [7, 11) is 1.77. The maximum Gasteiger partial charge on any atom is 0.326 e. The Morgan fingerprint density at radius 1 is 1.33 bits per heavy atom. The Morgan fingerprint density at radius 2 is 2.11 bits per heavy atom. The Bertz CT molecular complexity index is 880. The number of likely N-dealkylation sites (tertiary alicyclic amines) is 1. The van der Waals surface area contributed by atoms with Gasteiger partial charge in [0.1, 0.15) is 5.69 Å². The van der Waals surface area contributed by atoms with E-state index in [0.29, 0.717) is 37.0 Å². The molecule has 2 N–H and O–H groups in total. The summed E-state index contributed by atoms with van der Waals surface area (Å²) in [5, 5.41) is 0. The molecular weight excluding hydrogens is 344 g/mol. The van der Waals surface area contributed by atoms with Gasteiger partial charge in [0.25, 0.3) is 0 Å². The maximum atomic E-state index is 13.0. The molecule has 4 rings (SSSR count). The third-order valence-electron chi connectivity index (χ3n) is 5.13. The van der Waals surface area contributed by atoms with Gasteiger partial charge < -0.3 is 15.5 Å². The maximum absolute atomic E-state index is 13.0. The quantitative estimate of drug-likeness (QED) is 0.829. The Labute approximate surface area is 157 Å². The lowest BCUT2D eigenvalue weighted by Crippen LogP contribution is -2.50. The van der Waals surface area contributed by atoms with Crippen LogP contribution in [0.1, 0.15) is 18.4 Å². The van der Waals surface area contributed by atoms with Gasteiger partial charge in [0.05, 0.1) is 6.20 Å². The van der Waals surface area contributed by atoms with Crippen molar-refractivity contribution in [1.29, 1.82) is 0 Å². The second-order valence-corrected chi connectivity index (χ2v) is 6.81. The summed E-state index contributed by atoms with van der Waals surface area (Å²) >= 11 is 0. The van der Waals surface area contributed by atoms with Crippen LogP contribution in [0.15, 0.2) is 30.5 Å². The van der Waals surface area contributed by atoms with Crippen LogP contribution >= 0.6 is 0 Å². The normalized spacial score (nSPS) is 18.7. The zero-order chi connectivity index (χ0) is 19.0. The highest BCUT2D eigenvalue weighted by atomic mass is 16.2. The molecule has 1 aromatic carbocycles. The monoisotopic (exact) mass is 366 g/mol. The fourth-order valence-electron chi connectivity index (χ4n) is 3.64. The zero-order valence-corrected chi connectivity index (χ0v) is 15.2. The fourth-order valence-corrected chi connectivity index (χ4v) is 3.64. The van der Waals surface area contributed by atoms with Crippen molar-refractivity contribution in [1.82, 2.24) is 14.9 Å². The smallest absolute Gasteiger partial charge is 0.326 e. The van der Waals surface area contributed by atoms with Gasteiger partial charge in [-0.3, -0.25) is 9.69 Å². The molecule has 0 spiro atoms. The highest BCUT2D eigenvalue weighted by Crippen LogP contribution is 2.38. The van der Waals surface area contributed by atoms with Crippen molar-refractivity contribution in [2.24, 2.45) is 5.73 Å². The van der Waals surface area contributed by atoms with Crippen LogP contribution < -0.4 is 15.5 Å². The van der Waals surface area contributed by atoms with Crippen molar-refractivity contribution in [3.8, 4) is 11.4 Å². The number of fused-ring (bicyclic) bond motifs is 1. The van der Waals surface area contributed by atoms with Crippen molar-refractivity contribution in [2.45, 2.75) is 25.6 Å². The number of nitrogens with two attached hydrogens (primary N) is 1. The average Bonchev–Trinajstić information content (AvgIpc) is 3.34. The first-order chi connectivity index (χ1) is 13.1. The molecule has 2 aromatic rings. The van der Waals surface area contributed by atoms with Gasteiger partial charge >= 0.3 is 6.03 Å². The van der Waals surface area contributed by atoms with Crippen LogP contribution in [0.5, 0.6) is 0 Å². The standard InChI is InChI=1S/C19H22N6O2/c1-23-16(12-26)25(19(27)24-7-2-3-8-24)15-11-21-17(22-18(15)23)14-6-4-5-13(9-14)10-20/h4-6,9,11-12,16H,2-3,7-8,10,20H2,1H3. The summed E-state index contributed by atoms with van der Waals surface area (Å²) in [5.41, 5.74) is 8.12. The second-order valence-electron chi connectivity index (χ2n) is 6.81. The first-order valence-corrected chi connectivity index (χ1v) is 9.06. The molecule has 2 amide bonds. The number of likely N-dealkylation sites (N-methyl/N-ethyl adjacent to an activating group) is 1. The van der Waals surface area contributed by atoms with E-state index >= 15 is 0 Å². The van der Waals surface area contributed by atoms with E-state index in [1.807, 2.05) is 24.3 Å². The molecule has 1 atom stereocenters. The molecule has 140 valence electrons. The van der Waals surface area contributed by atoms with Crippen LogP contribution in [0.4, 0.5) is 16.3 Å². The number of urea groups is 1. The molecule has 27 heavy (non-hydrogen) atoms. The molecule has 8 nitrogen and oxygen atoms in total. The van der Waals surface area contributed by atoms with Crippen LogP contribution in [0.3, 0.4) is 0 Å². The van der Waals surface area contributed by atoms with Crippen LogP contribution in [-0.4, -0.2) is 53.5 Å².